The molecule has 1 aromatic carbocycles. The van der Waals surface area contributed by atoms with Crippen molar-refractivity contribution < 1.29 is 4.74 Å². The Hall–Kier alpha value is -1.24. The van der Waals surface area contributed by atoms with E-state index >= 15 is 0 Å². The second-order valence-corrected chi connectivity index (χ2v) is 5.59. The third kappa shape index (κ3) is 8.79. The lowest BCUT2D eigenvalue weighted by Crippen LogP contribution is -1.91. The van der Waals surface area contributed by atoms with Crippen LogP contribution in [0, 0.1) is 0 Å². The van der Waals surface area contributed by atoms with Gasteiger partial charge in [0.1, 0.15) is 0 Å². The summed E-state index contributed by atoms with van der Waals surface area (Å²) >= 11 is 0. The summed E-state index contributed by atoms with van der Waals surface area (Å²) in [7, 11) is 0. The highest BCUT2D eigenvalue weighted by Crippen LogP contribution is 2.09. The highest BCUT2D eigenvalue weighted by atomic mass is 16.5. The number of rotatable bonds is 11. The zero-order valence-corrected chi connectivity index (χ0v) is 13.2. The summed E-state index contributed by atoms with van der Waals surface area (Å²) in [4.78, 5) is 0. The summed E-state index contributed by atoms with van der Waals surface area (Å²) in [6.07, 6.45) is 12.1. The standard InChI is InChI=1S/C19H30O/c1-3-4-5-6-7-11-16-20-17-18(2)14-15-19-12-9-8-10-13-19/h8-10,12-13,17H,3-7,11,14-16H2,1-2H3. The predicted octanol–water partition coefficient (Wildman–Crippen LogP) is 5.90. The molecule has 0 atom stereocenters. The maximum atomic E-state index is 5.63. The van der Waals surface area contributed by atoms with Crippen molar-refractivity contribution in [2.24, 2.45) is 0 Å². The van der Waals surface area contributed by atoms with Crippen LogP contribution in [-0.2, 0) is 11.2 Å². The van der Waals surface area contributed by atoms with E-state index in [0.29, 0.717) is 0 Å². The molecule has 0 aliphatic rings. The highest BCUT2D eigenvalue weighted by molar-refractivity contribution is 5.16. The first-order valence-corrected chi connectivity index (χ1v) is 8.14. The third-order valence-electron chi connectivity index (χ3n) is 3.55. The molecule has 0 amide bonds. The van der Waals surface area contributed by atoms with Gasteiger partial charge in [0.15, 0.2) is 0 Å². The molecule has 1 heteroatoms. The second-order valence-electron chi connectivity index (χ2n) is 5.59. The molecule has 1 nitrogen and oxygen atoms in total. The molecule has 20 heavy (non-hydrogen) atoms. The Morgan fingerprint density at radius 3 is 2.45 bits per heavy atom. The van der Waals surface area contributed by atoms with Crippen molar-refractivity contribution in [3.8, 4) is 0 Å². The summed E-state index contributed by atoms with van der Waals surface area (Å²) in [6.45, 7) is 5.28. The molecule has 0 aliphatic carbocycles. The van der Waals surface area contributed by atoms with Gasteiger partial charge in [-0.25, -0.2) is 0 Å². The van der Waals surface area contributed by atoms with Crippen LogP contribution in [0.1, 0.15) is 64.4 Å². The highest BCUT2D eigenvalue weighted by Gasteiger charge is 1.95. The summed E-state index contributed by atoms with van der Waals surface area (Å²) in [5.41, 5.74) is 2.73. The Morgan fingerprint density at radius 1 is 1.00 bits per heavy atom. The van der Waals surface area contributed by atoms with Crippen LogP contribution in [-0.4, -0.2) is 6.61 Å². The van der Waals surface area contributed by atoms with Crippen LogP contribution in [0.2, 0.25) is 0 Å². The fraction of sp³-hybridized carbons (Fsp3) is 0.579. The van der Waals surface area contributed by atoms with Gasteiger partial charge in [-0.05, 0) is 37.3 Å². The molecule has 0 saturated carbocycles. The van der Waals surface area contributed by atoms with Crippen LogP contribution >= 0.6 is 0 Å². The van der Waals surface area contributed by atoms with Gasteiger partial charge in [-0.2, -0.15) is 0 Å². The number of ether oxygens (including phenoxy) is 1. The van der Waals surface area contributed by atoms with Gasteiger partial charge in [0.25, 0.3) is 0 Å². The van der Waals surface area contributed by atoms with E-state index in [1.54, 1.807) is 0 Å². The predicted molar refractivity (Wildman–Crippen MR) is 87.8 cm³/mol. The van der Waals surface area contributed by atoms with Gasteiger partial charge < -0.3 is 4.74 Å². The van der Waals surface area contributed by atoms with E-state index in [9.17, 15) is 0 Å². The summed E-state index contributed by atoms with van der Waals surface area (Å²) in [5.74, 6) is 0. The molecular weight excluding hydrogens is 244 g/mol. The SMILES string of the molecule is CCCCCCCCOC=C(C)CCc1ccccc1. The average Bonchev–Trinajstić information content (AvgIpc) is 2.49. The van der Waals surface area contributed by atoms with Crippen molar-refractivity contribution in [2.45, 2.75) is 65.2 Å². The maximum absolute atomic E-state index is 5.63. The molecule has 0 saturated heterocycles. The first-order valence-electron chi connectivity index (χ1n) is 8.14. The van der Waals surface area contributed by atoms with Crippen molar-refractivity contribution in [3.63, 3.8) is 0 Å². The van der Waals surface area contributed by atoms with E-state index in [1.807, 2.05) is 6.26 Å². The molecule has 0 aromatic heterocycles. The molecule has 1 aromatic rings. The molecule has 0 fully saturated rings. The van der Waals surface area contributed by atoms with Crippen molar-refractivity contribution in [3.05, 3.63) is 47.7 Å². The van der Waals surface area contributed by atoms with E-state index in [2.05, 4.69) is 44.2 Å². The molecule has 0 N–H and O–H groups in total. The van der Waals surface area contributed by atoms with Crippen LogP contribution in [0.3, 0.4) is 0 Å². The number of hydrogen-bond donors (Lipinski definition) is 0. The number of allylic oxidation sites excluding steroid dienone is 1. The van der Waals surface area contributed by atoms with E-state index in [4.69, 9.17) is 4.74 Å². The normalized spacial score (nSPS) is 11.6. The molecule has 0 unspecified atom stereocenters. The van der Waals surface area contributed by atoms with Crippen molar-refractivity contribution in [2.75, 3.05) is 6.61 Å². The van der Waals surface area contributed by atoms with E-state index < -0.39 is 0 Å². The fourth-order valence-electron chi connectivity index (χ4n) is 2.21. The van der Waals surface area contributed by atoms with Crippen LogP contribution in [0.25, 0.3) is 0 Å². The quantitative estimate of drug-likeness (QED) is 0.360. The molecule has 0 radical (unpaired) electrons. The first-order chi connectivity index (χ1) is 9.83. The van der Waals surface area contributed by atoms with Gasteiger partial charge in [0, 0.05) is 0 Å². The minimum atomic E-state index is 0.870. The lowest BCUT2D eigenvalue weighted by Gasteiger charge is -2.05. The fourth-order valence-corrected chi connectivity index (χ4v) is 2.21. The van der Waals surface area contributed by atoms with Gasteiger partial charge in [0.05, 0.1) is 12.9 Å². The Balaban J connectivity index is 2.01. The smallest absolute Gasteiger partial charge is 0.0873 e. The summed E-state index contributed by atoms with van der Waals surface area (Å²) < 4.78 is 5.63. The zero-order chi connectivity index (χ0) is 14.5. The van der Waals surface area contributed by atoms with Crippen LogP contribution < -0.4 is 0 Å². The number of aryl methyl sites for hydroxylation is 1. The topological polar surface area (TPSA) is 9.23 Å². The number of benzene rings is 1. The van der Waals surface area contributed by atoms with Crippen molar-refractivity contribution in [1.29, 1.82) is 0 Å². The molecule has 0 aliphatic heterocycles. The number of unbranched alkanes of at least 4 members (excludes halogenated alkanes) is 5. The Morgan fingerprint density at radius 2 is 1.70 bits per heavy atom. The Labute approximate surface area is 125 Å². The Bertz CT molecular complexity index is 353. The van der Waals surface area contributed by atoms with Gasteiger partial charge in [-0.15, -0.1) is 0 Å². The second kappa shape index (κ2) is 11.6. The van der Waals surface area contributed by atoms with Crippen LogP contribution in [0.4, 0.5) is 0 Å². The lowest BCUT2D eigenvalue weighted by molar-refractivity contribution is 0.237. The van der Waals surface area contributed by atoms with Gasteiger partial charge in [-0.3, -0.25) is 0 Å². The molecular formula is C19H30O. The minimum absolute atomic E-state index is 0.870. The molecule has 0 bridgehead atoms. The monoisotopic (exact) mass is 274 g/mol. The molecule has 1 rings (SSSR count). The lowest BCUT2D eigenvalue weighted by atomic mass is 10.1. The largest absolute Gasteiger partial charge is 0.501 e. The van der Waals surface area contributed by atoms with Crippen molar-refractivity contribution in [1.82, 2.24) is 0 Å². The third-order valence-corrected chi connectivity index (χ3v) is 3.55. The molecule has 112 valence electrons. The van der Waals surface area contributed by atoms with Crippen molar-refractivity contribution >= 4 is 0 Å². The maximum Gasteiger partial charge on any atom is 0.0873 e. The minimum Gasteiger partial charge on any atom is -0.501 e. The van der Waals surface area contributed by atoms with Gasteiger partial charge in [0.2, 0.25) is 0 Å². The van der Waals surface area contributed by atoms with E-state index in [-0.39, 0.29) is 0 Å². The average molecular weight is 274 g/mol. The van der Waals surface area contributed by atoms with Crippen LogP contribution in [0.5, 0.6) is 0 Å². The van der Waals surface area contributed by atoms with E-state index in [0.717, 1.165) is 19.4 Å². The van der Waals surface area contributed by atoms with Gasteiger partial charge >= 0.3 is 0 Å². The van der Waals surface area contributed by atoms with Crippen LogP contribution in [0.15, 0.2) is 42.2 Å². The summed E-state index contributed by atoms with van der Waals surface area (Å²) in [6, 6.07) is 10.6. The zero-order valence-electron chi connectivity index (χ0n) is 13.2. The molecule has 0 heterocycles. The summed E-state index contributed by atoms with van der Waals surface area (Å²) in [5, 5.41) is 0. The molecule has 0 spiro atoms. The van der Waals surface area contributed by atoms with E-state index in [1.165, 1.54) is 49.7 Å². The Kier molecular flexibility index (Phi) is 9.73. The first kappa shape index (κ1) is 16.8. The number of hydrogen-bond acceptors (Lipinski definition) is 1. The van der Waals surface area contributed by atoms with Gasteiger partial charge in [-0.1, -0.05) is 69.4 Å².